The van der Waals surface area contributed by atoms with E-state index in [2.05, 4.69) is 9.84 Å². The topological polar surface area (TPSA) is 47.4 Å². The van der Waals surface area contributed by atoms with Crippen molar-refractivity contribution in [2.75, 3.05) is 14.2 Å². The molecule has 21 heavy (non-hydrogen) atoms. The van der Waals surface area contributed by atoms with Gasteiger partial charge in [-0.1, -0.05) is 6.07 Å². The number of esters is 1. The number of hydrogen-bond donors (Lipinski definition) is 0. The summed E-state index contributed by atoms with van der Waals surface area (Å²) in [6.45, 7) is 1.29. The van der Waals surface area contributed by atoms with Crippen molar-refractivity contribution in [2.24, 2.45) is 7.05 Å². The second-order valence-corrected chi connectivity index (χ2v) is 5.00. The van der Waals surface area contributed by atoms with Gasteiger partial charge in [-0.15, -0.1) is 0 Å². The van der Waals surface area contributed by atoms with Gasteiger partial charge in [0.1, 0.15) is 5.82 Å². The number of aryl methyl sites for hydroxylation is 1. The molecule has 0 spiro atoms. The van der Waals surface area contributed by atoms with E-state index in [0.29, 0.717) is 13.1 Å². The summed E-state index contributed by atoms with van der Waals surface area (Å²) in [7, 11) is 5.04. The Bertz CT molecular complexity index is 640. The van der Waals surface area contributed by atoms with Crippen LogP contribution in [0.3, 0.4) is 0 Å². The Morgan fingerprint density at radius 1 is 1.38 bits per heavy atom. The third-order valence-electron chi connectivity index (χ3n) is 3.10. The van der Waals surface area contributed by atoms with E-state index >= 15 is 0 Å². The first kappa shape index (κ1) is 15.2. The van der Waals surface area contributed by atoms with Gasteiger partial charge in [0.15, 0.2) is 0 Å². The molecule has 1 aromatic carbocycles. The van der Waals surface area contributed by atoms with E-state index in [1.807, 2.05) is 25.2 Å². The molecule has 0 fully saturated rings. The minimum Gasteiger partial charge on any atom is -0.465 e. The number of methoxy groups -OCH3 is 1. The van der Waals surface area contributed by atoms with Crippen LogP contribution in [0.5, 0.6) is 0 Å². The highest BCUT2D eigenvalue weighted by molar-refractivity contribution is 5.89. The lowest BCUT2D eigenvalue weighted by Gasteiger charge is -2.16. The van der Waals surface area contributed by atoms with Crippen LogP contribution in [0, 0.1) is 5.82 Å². The number of hydrogen-bond acceptors (Lipinski definition) is 4. The fourth-order valence-corrected chi connectivity index (χ4v) is 2.17. The number of aromatic nitrogens is 2. The standard InChI is InChI=1S/C15H18FN3O2/c1-18(9-12-7-17-19(2)10-12)8-11-4-5-13(14(16)6-11)15(20)21-3/h4-7,10H,8-9H2,1-3H3. The zero-order chi connectivity index (χ0) is 15.4. The molecule has 0 aliphatic rings. The molecule has 0 amide bonds. The van der Waals surface area contributed by atoms with Gasteiger partial charge in [-0.2, -0.15) is 5.10 Å². The Balaban J connectivity index is 2.02. The van der Waals surface area contributed by atoms with Gasteiger partial charge in [-0.05, 0) is 24.7 Å². The SMILES string of the molecule is COC(=O)c1ccc(CN(C)Cc2cnn(C)c2)cc1F. The molecule has 0 N–H and O–H groups in total. The third kappa shape index (κ3) is 3.88. The number of halogens is 1. The maximum Gasteiger partial charge on any atom is 0.340 e. The third-order valence-corrected chi connectivity index (χ3v) is 3.10. The molecule has 2 aromatic rings. The Labute approximate surface area is 122 Å². The van der Waals surface area contributed by atoms with Crippen LogP contribution < -0.4 is 0 Å². The van der Waals surface area contributed by atoms with Crippen LogP contribution in [0.1, 0.15) is 21.5 Å². The van der Waals surface area contributed by atoms with Crippen molar-refractivity contribution in [3.05, 3.63) is 53.1 Å². The highest BCUT2D eigenvalue weighted by Crippen LogP contribution is 2.14. The summed E-state index contributed by atoms with van der Waals surface area (Å²) in [6, 6.07) is 4.55. The summed E-state index contributed by atoms with van der Waals surface area (Å²) in [5.74, 6) is -1.23. The summed E-state index contributed by atoms with van der Waals surface area (Å²) >= 11 is 0. The molecule has 0 atom stereocenters. The van der Waals surface area contributed by atoms with Crippen LogP contribution in [0.4, 0.5) is 4.39 Å². The summed E-state index contributed by atoms with van der Waals surface area (Å²) < 4.78 is 20.1. The fraction of sp³-hybridized carbons (Fsp3) is 0.333. The molecule has 6 heteroatoms. The second-order valence-electron chi connectivity index (χ2n) is 5.00. The van der Waals surface area contributed by atoms with E-state index in [1.165, 1.54) is 19.2 Å². The molecule has 0 radical (unpaired) electrons. The van der Waals surface area contributed by atoms with E-state index in [4.69, 9.17) is 0 Å². The van der Waals surface area contributed by atoms with Gasteiger partial charge in [0.2, 0.25) is 0 Å². The Morgan fingerprint density at radius 2 is 2.10 bits per heavy atom. The molecular weight excluding hydrogens is 273 g/mol. The molecule has 0 bridgehead atoms. The van der Waals surface area contributed by atoms with Crippen LogP contribution in [-0.4, -0.2) is 34.8 Å². The number of rotatable bonds is 5. The van der Waals surface area contributed by atoms with Gasteiger partial charge >= 0.3 is 5.97 Å². The normalized spacial score (nSPS) is 10.9. The Kier molecular flexibility index (Phi) is 4.70. The average Bonchev–Trinajstić information content (AvgIpc) is 2.83. The van der Waals surface area contributed by atoms with Gasteiger partial charge in [-0.3, -0.25) is 9.58 Å². The average molecular weight is 291 g/mol. The first-order valence-electron chi connectivity index (χ1n) is 6.52. The highest BCUT2D eigenvalue weighted by atomic mass is 19.1. The Hall–Kier alpha value is -2.21. The smallest absolute Gasteiger partial charge is 0.340 e. The lowest BCUT2D eigenvalue weighted by atomic mass is 10.1. The summed E-state index contributed by atoms with van der Waals surface area (Å²) in [5.41, 5.74) is 1.84. The van der Waals surface area contributed by atoms with Crippen molar-refractivity contribution in [2.45, 2.75) is 13.1 Å². The molecule has 0 saturated heterocycles. The molecule has 0 aliphatic heterocycles. The maximum absolute atomic E-state index is 13.8. The lowest BCUT2D eigenvalue weighted by molar-refractivity contribution is 0.0595. The van der Waals surface area contributed by atoms with Crippen LogP contribution in [0.25, 0.3) is 0 Å². The predicted molar refractivity (Wildman–Crippen MR) is 76.1 cm³/mol. The van der Waals surface area contributed by atoms with E-state index in [0.717, 1.165) is 11.1 Å². The van der Waals surface area contributed by atoms with Crippen molar-refractivity contribution in [1.29, 1.82) is 0 Å². The first-order chi connectivity index (χ1) is 9.99. The molecule has 112 valence electrons. The quantitative estimate of drug-likeness (QED) is 0.790. The molecule has 0 saturated carbocycles. The van der Waals surface area contributed by atoms with E-state index in [1.54, 1.807) is 16.9 Å². The van der Waals surface area contributed by atoms with Crippen molar-refractivity contribution >= 4 is 5.97 Å². The predicted octanol–water partition coefficient (Wildman–Crippen LogP) is 1.98. The monoisotopic (exact) mass is 291 g/mol. The molecule has 2 rings (SSSR count). The van der Waals surface area contributed by atoms with Crippen molar-refractivity contribution in [1.82, 2.24) is 14.7 Å². The molecular formula is C15H18FN3O2. The zero-order valence-corrected chi connectivity index (χ0v) is 12.3. The van der Waals surface area contributed by atoms with Crippen LogP contribution in [-0.2, 0) is 24.9 Å². The van der Waals surface area contributed by atoms with Gasteiger partial charge in [0.05, 0.1) is 18.9 Å². The maximum atomic E-state index is 13.8. The number of carbonyl (C=O) groups excluding carboxylic acids is 1. The van der Waals surface area contributed by atoms with E-state index in [-0.39, 0.29) is 5.56 Å². The van der Waals surface area contributed by atoms with Crippen molar-refractivity contribution < 1.29 is 13.9 Å². The minimum atomic E-state index is -0.664. The van der Waals surface area contributed by atoms with Gasteiger partial charge < -0.3 is 4.74 Å². The molecule has 1 aromatic heterocycles. The number of ether oxygens (including phenoxy) is 1. The van der Waals surface area contributed by atoms with Crippen LogP contribution >= 0.6 is 0 Å². The molecule has 5 nitrogen and oxygen atoms in total. The number of benzene rings is 1. The first-order valence-corrected chi connectivity index (χ1v) is 6.52. The number of carbonyl (C=O) groups is 1. The van der Waals surface area contributed by atoms with E-state index in [9.17, 15) is 9.18 Å². The van der Waals surface area contributed by atoms with Crippen molar-refractivity contribution in [3.63, 3.8) is 0 Å². The summed E-state index contributed by atoms with van der Waals surface area (Å²) in [5, 5.41) is 4.11. The summed E-state index contributed by atoms with van der Waals surface area (Å²) in [4.78, 5) is 13.4. The van der Waals surface area contributed by atoms with E-state index < -0.39 is 11.8 Å². The van der Waals surface area contributed by atoms with Gasteiger partial charge in [0.25, 0.3) is 0 Å². The van der Waals surface area contributed by atoms with Gasteiger partial charge in [0, 0.05) is 31.9 Å². The van der Waals surface area contributed by atoms with Crippen LogP contribution in [0.2, 0.25) is 0 Å². The van der Waals surface area contributed by atoms with Crippen molar-refractivity contribution in [3.8, 4) is 0 Å². The second kappa shape index (κ2) is 6.49. The largest absolute Gasteiger partial charge is 0.465 e. The van der Waals surface area contributed by atoms with Gasteiger partial charge in [-0.25, -0.2) is 9.18 Å². The molecule has 1 heterocycles. The van der Waals surface area contributed by atoms with Crippen LogP contribution in [0.15, 0.2) is 30.6 Å². The fourth-order valence-electron chi connectivity index (χ4n) is 2.17. The molecule has 0 aliphatic carbocycles. The molecule has 0 unspecified atom stereocenters. The lowest BCUT2D eigenvalue weighted by Crippen LogP contribution is -2.17. The number of nitrogens with zero attached hydrogens (tertiary/aromatic N) is 3. The highest BCUT2D eigenvalue weighted by Gasteiger charge is 2.13. The minimum absolute atomic E-state index is 0.0452. The zero-order valence-electron chi connectivity index (χ0n) is 12.3. The Morgan fingerprint density at radius 3 is 2.67 bits per heavy atom. The summed E-state index contributed by atoms with van der Waals surface area (Å²) in [6.07, 6.45) is 3.74.